The van der Waals surface area contributed by atoms with Crippen molar-refractivity contribution in [3.05, 3.63) is 57.0 Å². The molecule has 158 valence electrons. The summed E-state index contributed by atoms with van der Waals surface area (Å²) in [7, 11) is 0. The van der Waals surface area contributed by atoms with Gasteiger partial charge in [-0.25, -0.2) is 0 Å². The second kappa shape index (κ2) is 10.3. The lowest BCUT2D eigenvalue weighted by molar-refractivity contribution is -0.137. The molecule has 0 radical (unpaired) electrons. The number of hydrogen-bond acceptors (Lipinski definition) is 3. The van der Waals surface area contributed by atoms with Crippen molar-refractivity contribution in [1.29, 1.82) is 0 Å². The molecule has 0 aliphatic heterocycles. The van der Waals surface area contributed by atoms with Gasteiger partial charge in [-0.1, -0.05) is 25.4 Å². The van der Waals surface area contributed by atoms with Crippen LogP contribution in [-0.4, -0.2) is 37.0 Å². The summed E-state index contributed by atoms with van der Waals surface area (Å²) in [6.45, 7) is 7.37. The van der Waals surface area contributed by atoms with Crippen LogP contribution in [0.25, 0.3) is 0 Å². The van der Waals surface area contributed by atoms with E-state index in [0.29, 0.717) is 22.5 Å². The van der Waals surface area contributed by atoms with Gasteiger partial charge in [0, 0.05) is 12.2 Å². The molecule has 29 heavy (non-hydrogen) atoms. The molecule has 2 aromatic rings. The number of carbonyl (C=O) groups excluding carboxylic acids is 1. The average Bonchev–Trinajstić information content (AvgIpc) is 2.66. The molecule has 0 saturated carbocycles. The third kappa shape index (κ3) is 6.62. The number of carbonyl (C=O) groups is 1. The van der Waals surface area contributed by atoms with Gasteiger partial charge in [-0.15, -0.1) is 0 Å². The zero-order valence-corrected chi connectivity index (χ0v) is 18.3. The number of nitrogens with zero attached hydrogens (tertiary/aromatic N) is 1. The number of rotatable bonds is 8. The van der Waals surface area contributed by atoms with E-state index in [9.17, 15) is 18.0 Å². The molecule has 0 fully saturated rings. The van der Waals surface area contributed by atoms with E-state index in [4.69, 9.17) is 16.3 Å². The molecule has 1 amide bonds. The number of halogens is 5. The van der Waals surface area contributed by atoms with Crippen LogP contribution in [0.15, 0.2) is 40.9 Å². The third-order valence-corrected chi connectivity index (χ3v) is 5.22. The van der Waals surface area contributed by atoms with Crippen molar-refractivity contribution in [1.82, 2.24) is 4.90 Å². The van der Waals surface area contributed by atoms with Crippen molar-refractivity contribution >= 4 is 39.1 Å². The van der Waals surface area contributed by atoms with Gasteiger partial charge < -0.3 is 15.0 Å². The predicted octanol–water partition coefficient (Wildman–Crippen LogP) is 6.09. The van der Waals surface area contributed by atoms with Crippen LogP contribution in [0.3, 0.4) is 0 Å². The SMILES string of the molecule is CCN(CC)CCOc1ccc(NC(=O)c2ccc(C(F)(F)F)cc2Cl)cc1Br. The van der Waals surface area contributed by atoms with Crippen LogP contribution in [0.2, 0.25) is 5.02 Å². The third-order valence-electron chi connectivity index (χ3n) is 4.29. The molecule has 2 aromatic carbocycles. The maximum atomic E-state index is 12.7. The second-order valence-corrected chi connectivity index (χ2v) is 7.43. The van der Waals surface area contributed by atoms with Crippen molar-refractivity contribution in [2.75, 3.05) is 31.6 Å². The quantitative estimate of drug-likeness (QED) is 0.483. The van der Waals surface area contributed by atoms with Crippen molar-refractivity contribution in [2.24, 2.45) is 0 Å². The zero-order valence-electron chi connectivity index (χ0n) is 15.9. The van der Waals surface area contributed by atoms with Crippen LogP contribution < -0.4 is 10.1 Å². The zero-order chi connectivity index (χ0) is 21.6. The minimum Gasteiger partial charge on any atom is -0.491 e. The summed E-state index contributed by atoms with van der Waals surface area (Å²) in [5.41, 5.74) is -0.503. The van der Waals surface area contributed by atoms with Gasteiger partial charge in [-0.2, -0.15) is 13.2 Å². The Morgan fingerprint density at radius 3 is 2.41 bits per heavy atom. The molecular weight excluding hydrogens is 473 g/mol. The van der Waals surface area contributed by atoms with E-state index in [-0.39, 0.29) is 10.6 Å². The van der Waals surface area contributed by atoms with E-state index < -0.39 is 17.6 Å². The summed E-state index contributed by atoms with van der Waals surface area (Å²) in [4.78, 5) is 14.6. The van der Waals surface area contributed by atoms with E-state index >= 15 is 0 Å². The average molecular weight is 494 g/mol. The molecular formula is C20H21BrClF3N2O2. The van der Waals surface area contributed by atoms with Crippen LogP contribution in [-0.2, 0) is 6.18 Å². The summed E-state index contributed by atoms with van der Waals surface area (Å²) in [5.74, 6) is 0.0218. The smallest absolute Gasteiger partial charge is 0.416 e. The van der Waals surface area contributed by atoms with Crippen molar-refractivity contribution in [3.63, 3.8) is 0 Å². The monoisotopic (exact) mass is 492 g/mol. The van der Waals surface area contributed by atoms with Gasteiger partial charge in [0.1, 0.15) is 12.4 Å². The molecule has 1 N–H and O–H groups in total. The first kappa shape index (κ1) is 23.5. The highest BCUT2D eigenvalue weighted by Gasteiger charge is 2.31. The molecule has 0 aliphatic rings. The lowest BCUT2D eigenvalue weighted by Crippen LogP contribution is -2.27. The number of nitrogens with one attached hydrogen (secondary N) is 1. The Bertz CT molecular complexity index is 858. The summed E-state index contributed by atoms with van der Waals surface area (Å²) in [6, 6.07) is 7.62. The minimum atomic E-state index is -4.52. The van der Waals surface area contributed by atoms with Crippen LogP contribution >= 0.6 is 27.5 Å². The highest BCUT2D eigenvalue weighted by atomic mass is 79.9. The highest BCUT2D eigenvalue weighted by molar-refractivity contribution is 9.10. The van der Waals surface area contributed by atoms with Gasteiger partial charge >= 0.3 is 6.18 Å². The topological polar surface area (TPSA) is 41.6 Å². The van der Waals surface area contributed by atoms with Crippen LogP contribution in [0, 0.1) is 0 Å². The second-order valence-electron chi connectivity index (χ2n) is 6.17. The van der Waals surface area contributed by atoms with E-state index in [1.54, 1.807) is 18.2 Å². The molecule has 0 aliphatic carbocycles. The fourth-order valence-corrected chi connectivity index (χ4v) is 3.35. The van der Waals surface area contributed by atoms with Gasteiger partial charge in [0.15, 0.2) is 0 Å². The van der Waals surface area contributed by atoms with Gasteiger partial charge in [-0.3, -0.25) is 4.79 Å². The Morgan fingerprint density at radius 2 is 1.86 bits per heavy atom. The summed E-state index contributed by atoms with van der Waals surface area (Å²) >= 11 is 9.27. The van der Waals surface area contributed by atoms with Gasteiger partial charge in [0.25, 0.3) is 5.91 Å². The molecule has 4 nitrogen and oxygen atoms in total. The lowest BCUT2D eigenvalue weighted by Gasteiger charge is -2.18. The molecule has 0 aromatic heterocycles. The number of anilines is 1. The Kier molecular flexibility index (Phi) is 8.36. The van der Waals surface area contributed by atoms with Crippen LogP contribution in [0.5, 0.6) is 5.75 Å². The number of alkyl halides is 3. The summed E-state index contributed by atoms with van der Waals surface area (Å²) in [6.07, 6.45) is -4.52. The van der Waals surface area contributed by atoms with Gasteiger partial charge in [0.05, 0.1) is 20.6 Å². The molecule has 0 spiro atoms. The van der Waals surface area contributed by atoms with Crippen molar-refractivity contribution in [2.45, 2.75) is 20.0 Å². The number of ether oxygens (including phenoxy) is 1. The van der Waals surface area contributed by atoms with E-state index in [1.165, 1.54) is 0 Å². The summed E-state index contributed by atoms with van der Waals surface area (Å²) in [5, 5.41) is 2.35. The van der Waals surface area contributed by atoms with Crippen molar-refractivity contribution in [3.8, 4) is 5.75 Å². The molecule has 0 bridgehead atoms. The Morgan fingerprint density at radius 1 is 1.17 bits per heavy atom. The minimum absolute atomic E-state index is 0.0460. The highest BCUT2D eigenvalue weighted by Crippen LogP contribution is 2.33. The van der Waals surface area contributed by atoms with Crippen molar-refractivity contribution < 1.29 is 22.7 Å². The fourth-order valence-electron chi connectivity index (χ4n) is 2.59. The first-order valence-electron chi connectivity index (χ1n) is 8.98. The van der Waals surface area contributed by atoms with Crippen LogP contribution in [0.4, 0.5) is 18.9 Å². The van der Waals surface area contributed by atoms with E-state index in [2.05, 4.69) is 40.0 Å². The number of hydrogen-bond donors (Lipinski definition) is 1. The first-order valence-corrected chi connectivity index (χ1v) is 10.2. The predicted molar refractivity (Wildman–Crippen MR) is 112 cm³/mol. The molecule has 0 saturated heterocycles. The number of benzene rings is 2. The fraction of sp³-hybridized carbons (Fsp3) is 0.350. The first-order chi connectivity index (χ1) is 13.7. The molecule has 0 atom stereocenters. The Balaban J connectivity index is 2.03. The largest absolute Gasteiger partial charge is 0.491 e. The Hall–Kier alpha value is -1.77. The van der Waals surface area contributed by atoms with Gasteiger partial charge in [0.2, 0.25) is 0 Å². The maximum absolute atomic E-state index is 12.7. The van der Waals surface area contributed by atoms with E-state index in [1.807, 2.05) is 0 Å². The van der Waals surface area contributed by atoms with Crippen LogP contribution in [0.1, 0.15) is 29.8 Å². The summed E-state index contributed by atoms with van der Waals surface area (Å²) < 4.78 is 44.6. The molecule has 2 rings (SSSR count). The van der Waals surface area contributed by atoms with Gasteiger partial charge in [-0.05, 0) is 65.4 Å². The number of amides is 1. The Labute approximate surface area is 181 Å². The molecule has 0 unspecified atom stereocenters. The molecule has 9 heteroatoms. The lowest BCUT2D eigenvalue weighted by atomic mass is 10.1. The van der Waals surface area contributed by atoms with E-state index in [0.717, 1.165) is 37.8 Å². The number of likely N-dealkylation sites (N-methyl/N-ethyl adjacent to an activating group) is 1. The normalized spacial score (nSPS) is 11.6. The maximum Gasteiger partial charge on any atom is 0.416 e. The molecule has 0 heterocycles. The standard InChI is InChI=1S/C20H21BrClF3N2O2/c1-3-27(4-2)9-10-29-18-8-6-14(12-16(18)21)26-19(28)15-7-5-13(11-17(15)22)20(23,24)25/h5-8,11-12H,3-4,9-10H2,1-2H3,(H,26,28).